The van der Waals surface area contributed by atoms with E-state index in [-0.39, 0.29) is 19.7 Å². The number of carbonyl (C=O) groups is 1. The zero-order valence-electron chi connectivity index (χ0n) is 16.2. The van der Waals surface area contributed by atoms with E-state index in [1.54, 1.807) is 54.6 Å². The molecular weight excluding hydrogens is 417 g/mol. The highest BCUT2D eigenvalue weighted by Gasteiger charge is 2.58. The topological polar surface area (TPSA) is 62.7 Å². The second-order valence-electron chi connectivity index (χ2n) is 6.82. The van der Waals surface area contributed by atoms with Crippen molar-refractivity contribution in [3.8, 4) is 0 Å². The summed E-state index contributed by atoms with van der Waals surface area (Å²) in [5.41, 5.74) is -2.28. The maximum Gasteiger partial charge on any atom is 0.424 e. The average molecular weight is 438 g/mol. The van der Waals surface area contributed by atoms with E-state index in [0.717, 1.165) is 16.9 Å². The molecule has 1 unspecified atom stereocenters. The minimum Gasteiger partial charge on any atom is -0.383 e. The Hall–Kier alpha value is -2.49. The summed E-state index contributed by atoms with van der Waals surface area (Å²) >= 11 is 0.730. The van der Waals surface area contributed by atoms with Gasteiger partial charge in [0.15, 0.2) is 0 Å². The number of fused-ring (bicyclic) bond motifs is 1. The summed E-state index contributed by atoms with van der Waals surface area (Å²) < 4.78 is 47.3. The molecule has 30 heavy (non-hydrogen) atoms. The van der Waals surface area contributed by atoms with Crippen LogP contribution < -0.4 is 0 Å². The molecule has 0 spiro atoms. The summed E-state index contributed by atoms with van der Waals surface area (Å²) in [6.45, 7) is 0.360. The normalized spacial score (nSPS) is 13.9. The predicted molar refractivity (Wildman–Crippen MR) is 108 cm³/mol. The van der Waals surface area contributed by atoms with Crippen LogP contribution in [0.5, 0.6) is 0 Å². The molecule has 2 aromatic carbocycles. The van der Waals surface area contributed by atoms with Gasteiger partial charge in [-0.2, -0.15) is 13.2 Å². The predicted octanol–water partition coefficient (Wildman–Crippen LogP) is 4.11. The molecule has 1 heterocycles. The van der Waals surface area contributed by atoms with Gasteiger partial charge in [0, 0.05) is 20.2 Å². The first-order valence-corrected chi connectivity index (χ1v) is 10.0. The van der Waals surface area contributed by atoms with Gasteiger partial charge >= 0.3 is 6.18 Å². The fraction of sp³-hybridized carbons (Fsp3) is 0.333. The molecule has 0 radical (unpaired) electrons. The van der Waals surface area contributed by atoms with Crippen LogP contribution in [0.15, 0.2) is 54.6 Å². The van der Waals surface area contributed by atoms with Gasteiger partial charge in [0.05, 0.1) is 23.2 Å². The molecule has 0 aliphatic heterocycles. The Morgan fingerprint density at radius 1 is 1.13 bits per heavy atom. The molecule has 0 fully saturated rings. The minimum absolute atomic E-state index is 0.0952. The molecule has 0 saturated carbocycles. The Balaban J connectivity index is 1.90. The number of aliphatic hydroxyl groups is 1. The number of alkyl halides is 3. The Bertz CT molecular complexity index is 961. The third kappa shape index (κ3) is 4.80. The largest absolute Gasteiger partial charge is 0.424 e. The van der Waals surface area contributed by atoms with Crippen molar-refractivity contribution in [1.29, 1.82) is 0 Å². The Labute approximate surface area is 175 Å². The van der Waals surface area contributed by atoms with Crippen LogP contribution in [0.2, 0.25) is 0 Å². The number of para-hydroxylation sites is 1. The molecule has 5 nitrogen and oxygen atoms in total. The number of aromatic nitrogens is 1. The number of nitrogens with zero attached hydrogens (tertiary/aromatic N) is 2. The number of thiazole rings is 1. The van der Waals surface area contributed by atoms with Crippen molar-refractivity contribution in [2.24, 2.45) is 0 Å². The van der Waals surface area contributed by atoms with E-state index in [9.17, 15) is 23.1 Å². The summed E-state index contributed by atoms with van der Waals surface area (Å²) in [5, 5.41) is 10.1. The van der Waals surface area contributed by atoms with Crippen molar-refractivity contribution in [3.63, 3.8) is 0 Å². The average Bonchev–Trinajstić information content (AvgIpc) is 3.15. The number of ether oxygens (including phenoxy) is 1. The van der Waals surface area contributed by atoms with E-state index in [1.807, 2.05) is 0 Å². The quantitative estimate of drug-likeness (QED) is 0.575. The molecule has 1 aromatic heterocycles. The smallest absolute Gasteiger partial charge is 0.383 e. The third-order valence-corrected chi connectivity index (χ3v) is 5.85. The first kappa shape index (κ1) is 22.2. The molecule has 0 aliphatic rings. The summed E-state index contributed by atoms with van der Waals surface area (Å²) in [7, 11) is 1.44. The highest BCUT2D eigenvalue weighted by Crippen LogP contribution is 2.44. The molecule has 0 saturated heterocycles. The first-order valence-electron chi connectivity index (χ1n) is 9.20. The molecule has 1 amide bonds. The molecule has 160 valence electrons. The number of amides is 1. The van der Waals surface area contributed by atoms with Gasteiger partial charge in [-0.15, -0.1) is 11.3 Å². The van der Waals surface area contributed by atoms with Crippen LogP contribution in [0.3, 0.4) is 0 Å². The molecule has 3 aromatic rings. The Morgan fingerprint density at radius 2 is 1.80 bits per heavy atom. The third-order valence-electron chi connectivity index (χ3n) is 4.66. The van der Waals surface area contributed by atoms with Gasteiger partial charge in [-0.05, 0) is 17.7 Å². The van der Waals surface area contributed by atoms with Crippen LogP contribution in [0.1, 0.15) is 17.0 Å². The second-order valence-corrected chi connectivity index (χ2v) is 7.85. The zero-order chi connectivity index (χ0) is 21.8. The number of carbonyl (C=O) groups excluding carboxylic acids is 1. The fourth-order valence-corrected chi connectivity index (χ4v) is 4.05. The summed E-state index contributed by atoms with van der Waals surface area (Å²) in [4.78, 5) is 18.1. The second kappa shape index (κ2) is 9.11. The Kier molecular flexibility index (Phi) is 6.74. The van der Waals surface area contributed by atoms with Crippen LogP contribution in [0, 0.1) is 0 Å². The van der Waals surface area contributed by atoms with Crippen molar-refractivity contribution in [2.45, 2.75) is 24.7 Å². The van der Waals surface area contributed by atoms with Gasteiger partial charge in [0.2, 0.25) is 11.5 Å². The lowest BCUT2D eigenvalue weighted by atomic mass is 9.98. The van der Waals surface area contributed by atoms with E-state index < -0.39 is 29.1 Å². The minimum atomic E-state index is -5.07. The number of benzene rings is 2. The summed E-state index contributed by atoms with van der Waals surface area (Å²) in [5.74, 6) is -0.838. The van der Waals surface area contributed by atoms with Crippen molar-refractivity contribution in [2.75, 3.05) is 20.3 Å². The van der Waals surface area contributed by atoms with Gasteiger partial charge in [0.25, 0.3) is 0 Å². The lowest BCUT2D eigenvalue weighted by Gasteiger charge is -2.31. The maximum absolute atomic E-state index is 13.9. The number of hydrogen-bond donors (Lipinski definition) is 1. The molecule has 0 bridgehead atoms. The molecule has 3 rings (SSSR count). The maximum atomic E-state index is 13.9. The van der Waals surface area contributed by atoms with Crippen LogP contribution in [0.4, 0.5) is 13.2 Å². The molecule has 1 atom stereocenters. The molecule has 1 N–H and O–H groups in total. The zero-order valence-corrected chi connectivity index (χ0v) is 17.0. The van der Waals surface area contributed by atoms with E-state index in [2.05, 4.69) is 4.98 Å². The molecule has 9 heteroatoms. The summed E-state index contributed by atoms with van der Waals surface area (Å²) in [6, 6.07) is 15.4. The van der Waals surface area contributed by atoms with Gasteiger partial charge in [-0.25, -0.2) is 4.98 Å². The monoisotopic (exact) mass is 438 g/mol. The van der Waals surface area contributed by atoms with Gasteiger partial charge < -0.3 is 14.7 Å². The SMILES string of the molecule is COCCN(Cc1ccccc1)C(=O)CC(O)(c1nc2ccccc2s1)C(F)(F)F. The van der Waals surface area contributed by atoms with Crippen molar-refractivity contribution in [1.82, 2.24) is 9.88 Å². The number of methoxy groups -OCH3 is 1. The van der Waals surface area contributed by atoms with E-state index in [4.69, 9.17) is 4.74 Å². The standard InChI is InChI=1S/C21H21F3N2O3S/c1-29-12-11-26(14-15-7-3-2-4-8-15)18(27)13-20(28,21(22,23)24)19-25-16-9-5-6-10-17(16)30-19/h2-10,28H,11-14H2,1H3. The highest BCUT2D eigenvalue weighted by atomic mass is 32.1. The first-order chi connectivity index (χ1) is 14.2. The number of rotatable bonds is 8. The van der Waals surface area contributed by atoms with Crippen LogP contribution in [-0.4, -0.2) is 47.3 Å². The number of hydrogen-bond acceptors (Lipinski definition) is 5. The van der Waals surface area contributed by atoms with Crippen LogP contribution in [0.25, 0.3) is 10.2 Å². The van der Waals surface area contributed by atoms with E-state index in [0.29, 0.717) is 10.2 Å². The summed E-state index contributed by atoms with van der Waals surface area (Å²) in [6.07, 6.45) is -6.23. The highest BCUT2D eigenvalue weighted by molar-refractivity contribution is 7.18. The van der Waals surface area contributed by atoms with E-state index in [1.165, 1.54) is 12.0 Å². The van der Waals surface area contributed by atoms with Crippen molar-refractivity contribution in [3.05, 3.63) is 65.2 Å². The Morgan fingerprint density at radius 3 is 2.43 bits per heavy atom. The lowest BCUT2D eigenvalue weighted by Crippen LogP contribution is -2.47. The van der Waals surface area contributed by atoms with Gasteiger partial charge in [0.1, 0.15) is 5.01 Å². The number of halogens is 3. The van der Waals surface area contributed by atoms with Gasteiger partial charge in [-0.3, -0.25) is 4.79 Å². The van der Waals surface area contributed by atoms with E-state index >= 15 is 0 Å². The van der Waals surface area contributed by atoms with Crippen LogP contribution in [-0.2, 0) is 21.7 Å². The van der Waals surface area contributed by atoms with Crippen molar-refractivity contribution < 1.29 is 27.8 Å². The van der Waals surface area contributed by atoms with Crippen LogP contribution >= 0.6 is 11.3 Å². The van der Waals surface area contributed by atoms with Gasteiger partial charge in [-0.1, -0.05) is 42.5 Å². The molecular formula is C21H21F3N2O3S. The van der Waals surface area contributed by atoms with Crippen molar-refractivity contribution >= 4 is 27.5 Å². The fourth-order valence-electron chi connectivity index (χ4n) is 2.97. The lowest BCUT2D eigenvalue weighted by molar-refractivity contribution is -0.268. The molecule has 0 aliphatic carbocycles.